The summed E-state index contributed by atoms with van der Waals surface area (Å²) < 4.78 is 0. The second-order valence-corrected chi connectivity index (χ2v) is 5.65. The van der Waals surface area contributed by atoms with Gasteiger partial charge in [0.2, 0.25) is 0 Å². The number of thiazole rings is 1. The summed E-state index contributed by atoms with van der Waals surface area (Å²) in [6.07, 6.45) is 6.49. The number of nitrogens with zero attached hydrogens (tertiary/aromatic N) is 1. The van der Waals surface area contributed by atoms with E-state index in [0.717, 1.165) is 5.92 Å². The van der Waals surface area contributed by atoms with Crippen LogP contribution >= 0.6 is 11.3 Å². The third-order valence-electron chi connectivity index (χ3n) is 3.59. The Balaban J connectivity index is 2.08. The smallest absolute Gasteiger partial charge is 0.178 e. The van der Waals surface area contributed by atoms with E-state index in [1.807, 2.05) is 5.38 Å². The molecule has 1 fully saturated rings. The van der Waals surface area contributed by atoms with Crippen LogP contribution in [0.5, 0.6) is 0 Å². The zero-order chi connectivity index (χ0) is 11.5. The number of aromatic nitrogens is 1. The molecule has 0 saturated heterocycles. The summed E-state index contributed by atoms with van der Waals surface area (Å²) >= 11 is 1.66. The lowest BCUT2D eigenvalue weighted by Crippen LogP contribution is -2.13. The van der Waals surface area contributed by atoms with E-state index in [4.69, 9.17) is 0 Å². The predicted molar refractivity (Wildman–Crippen MR) is 67.1 cm³/mol. The van der Waals surface area contributed by atoms with Crippen LogP contribution in [0.4, 0.5) is 0 Å². The number of ketones is 1. The lowest BCUT2D eigenvalue weighted by Gasteiger charge is -2.26. The summed E-state index contributed by atoms with van der Waals surface area (Å²) in [5.74, 6) is 1.56. The highest BCUT2D eigenvalue weighted by molar-refractivity contribution is 7.09. The Morgan fingerprint density at radius 1 is 1.56 bits per heavy atom. The Labute approximate surface area is 101 Å². The minimum atomic E-state index is 0.0883. The van der Waals surface area contributed by atoms with Gasteiger partial charge in [0.15, 0.2) is 5.78 Å². The van der Waals surface area contributed by atoms with Crippen molar-refractivity contribution in [2.75, 3.05) is 0 Å². The largest absolute Gasteiger partial charge is 0.293 e. The third-order valence-corrected chi connectivity index (χ3v) is 4.60. The molecule has 1 aliphatic rings. The van der Waals surface area contributed by atoms with Crippen LogP contribution in [0.2, 0.25) is 0 Å². The Hall–Kier alpha value is -0.700. The maximum atomic E-state index is 11.2. The molecule has 88 valence electrons. The molecule has 16 heavy (non-hydrogen) atoms. The quantitative estimate of drug-likeness (QED) is 0.743. The van der Waals surface area contributed by atoms with Crippen molar-refractivity contribution in [3.05, 3.63) is 16.1 Å². The van der Waals surface area contributed by atoms with Crippen LogP contribution in [0.1, 0.15) is 67.4 Å². The number of carbonyl (C=O) groups excluding carboxylic acids is 1. The van der Waals surface area contributed by atoms with E-state index < -0.39 is 0 Å². The molecule has 2 atom stereocenters. The highest BCUT2D eigenvalue weighted by Crippen LogP contribution is 2.38. The van der Waals surface area contributed by atoms with Gasteiger partial charge in [0.25, 0.3) is 0 Å². The van der Waals surface area contributed by atoms with Crippen molar-refractivity contribution in [1.82, 2.24) is 4.98 Å². The first-order valence-corrected chi connectivity index (χ1v) is 7.05. The molecular weight excluding hydrogens is 218 g/mol. The van der Waals surface area contributed by atoms with Gasteiger partial charge in [-0.05, 0) is 18.8 Å². The maximum absolute atomic E-state index is 11.2. The van der Waals surface area contributed by atoms with Crippen LogP contribution in [-0.4, -0.2) is 10.8 Å². The molecule has 1 aromatic heterocycles. The molecule has 1 aliphatic carbocycles. The van der Waals surface area contributed by atoms with Crippen molar-refractivity contribution in [2.24, 2.45) is 5.92 Å². The zero-order valence-corrected chi connectivity index (χ0v) is 10.8. The van der Waals surface area contributed by atoms with E-state index in [0.29, 0.717) is 11.6 Å². The zero-order valence-electron chi connectivity index (χ0n) is 10.0. The maximum Gasteiger partial charge on any atom is 0.178 e. The van der Waals surface area contributed by atoms with Crippen LogP contribution in [0, 0.1) is 5.92 Å². The predicted octanol–water partition coefficient (Wildman–Crippen LogP) is 4.03. The highest BCUT2D eigenvalue weighted by Gasteiger charge is 2.24. The normalized spacial score (nSPS) is 25.6. The van der Waals surface area contributed by atoms with Crippen molar-refractivity contribution in [1.29, 1.82) is 0 Å². The first kappa shape index (κ1) is 11.8. The van der Waals surface area contributed by atoms with Gasteiger partial charge in [-0.25, -0.2) is 4.98 Å². The van der Waals surface area contributed by atoms with Gasteiger partial charge in [0, 0.05) is 18.2 Å². The summed E-state index contributed by atoms with van der Waals surface area (Å²) in [4.78, 5) is 15.7. The van der Waals surface area contributed by atoms with Gasteiger partial charge in [-0.3, -0.25) is 4.79 Å². The first-order valence-electron chi connectivity index (χ1n) is 6.17. The molecule has 0 aliphatic heterocycles. The fraction of sp³-hybridized carbons (Fsp3) is 0.692. The molecule has 2 rings (SSSR count). The minimum absolute atomic E-state index is 0.0883. The van der Waals surface area contributed by atoms with Crippen molar-refractivity contribution >= 4 is 17.1 Å². The summed E-state index contributed by atoms with van der Waals surface area (Å²) in [6, 6.07) is 0. The van der Waals surface area contributed by atoms with E-state index in [9.17, 15) is 4.79 Å². The van der Waals surface area contributed by atoms with Gasteiger partial charge < -0.3 is 0 Å². The standard InChI is InChI=1S/C13H19NOS/c1-3-10-5-4-6-11(7-10)13-14-12(8-16-13)9(2)15/h8,10-11H,3-7H2,1-2H3. The van der Waals surface area contributed by atoms with E-state index in [-0.39, 0.29) is 5.78 Å². The molecule has 1 heterocycles. The van der Waals surface area contributed by atoms with Gasteiger partial charge in [-0.2, -0.15) is 0 Å². The third kappa shape index (κ3) is 2.51. The van der Waals surface area contributed by atoms with Crippen LogP contribution in [0.25, 0.3) is 0 Å². The lowest BCUT2D eigenvalue weighted by molar-refractivity contribution is 0.101. The van der Waals surface area contributed by atoms with E-state index in [2.05, 4.69) is 11.9 Å². The first-order chi connectivity index (χ1) is 7.70. The van der Waals surface area contributed by atoms with Crippen LogP contribution in [0.15, 0.2) is 5.38 Å². The van der Waals surface area contributed by atoms with Gasteiger partial charge in [-0.1, -0.05) is 26.2 Å². The molecule has 0 radical (unpaired) electrons. The average Bonchev–Trinajstić information content (AvgIpc) is 2.78. The molecule has 0 bridgehead atoms. The molecule has 3 heteroatoms. The number of Topliss-reactive ketones (excluding diaryl/α,β-unsaturated/α-hetero) is 1. The van der Waals surface area contributed by atoms with Crippen molar-refractivity contribution < 1.29 is 4.79 Å². The molecule has 0 aromatic carbocycles. The molecule has 0 N–H and O–H groups in total. The topological polar surface area (TPSA) is 30.0 Å². The van der Waals surface area contributed by atoms with Gasteiger partial charge in [-0.15, -0.1) is 11.3 Å². The Bertz CT molecular complexity index is 372. The minimum Gasteiger partial charge on any atom is -0.293 e. The molecular formula is C13H19NOS. The monoisotopic (exact) mass is 237 g/mol. The summed E-state index contributed by atoms with van der Waals surface area (Å²) in [5.41, 5.74) is 0.652. The second kappa shape index (κ2) is 5.09. The fourth-order valence-electron chi connectivity index (χ4n) is 2.52. The van der Waals surface area contributed by atoms with Crippen molar-refractivity contribution in [2.45, 2.75) is 51.9 Å². The molecule has 1 saturated carbocycles. The van der Waals surface area contributed by atoms with Crippen LogP contribution in [-0.2, 0) is 0 Å². The van der Waals surface area contributed by atoms with Crippen LogP contribution in [0.3, 0.4) is 0 Å². The molecule has 2 nitrogen and oxygen atoms in total. The molecule has 2 unspecified atom stereocenters. The SMILES string of the molecule is CCC1CCCC(c2nc(C(C)=O)cs2)C1. The molecule has 0 amide bonds. The number of carbonyl (C=O) groups is 1. The van der Waals surface area contributed by atoms with Gasteiger partial charge in [0.05, 0.1) is 5.01 Å². The Kier molecular flexibility index (Phi) is 3.74. The fourth-order valence-corrected chi connectivity index (χ4v) is 3.53. The molecule has 0 spiro atoms. The summed E-state index contributed by atoms with van der Waals surface area (Å²) in [6.45, 7) is 3.87. The van der Waals surface area contributed by atoms with Gasteiger partial charge >= 0.3 is 0 Å². The van der Waals surface area contributed by atoms with Crippen LogP contribution < -0.4 is 0 Å². The highest BCUT2D eigenvalue weighted by atomic mass is 32.1. The average molecular weight is 237 g/mol. The van der Waals surface area contributed by atoms with E-state index >= 15 is 0 Å². The Morgan fingerprint density at radius 3 is 3.00 bits per heavy atom. The van der Waals surface area contributed by atoms with Crippen molar-refractivity contribution in [3.63, 3.8) is 0 Å². The number of hydrogen-bond donors (Lipinski definition) is 0. The second-order valence-electron chi connectivity index (χ2n) is 4.76. The van der Waals surface area contributed by atoms with E-state index in [1.165, 1.54) is 37.1 Å². The Morgan fingerprint density at radius 2 is 2.38 bits per heavy atom. The lowest BCUT2D eigenvalue weighted by atomic mass is 9.80. The van der Waals surface area contributed by atoms with E-state index in [1.54, 1.807) is 18.3 Å². The number of hydrogen-bond acceptors (Lipinski definition) is 3. The summed E-state index contributed by atoms with van der Waals surface area (Å²) in [5, 5.41) is 3.09. The van der Waals surface area contributed by atoms with Gasteiger partial charge in [0.1, 0.15) is 5.69 Å². The summed E-state index contributed by atoms with van der Waals surface area (Å²) in [7, 11) is 0. The molecule has 1 aromatic rings. The number of rotatable bonds is 3. The van der Waals surface area contributed by atoms with Crippen molar-refractivity contribution in [3.8, 4) is 0 Å².